The molecule has 4 heteroatoms. The topological polar surface area (TPSA) is 36.9 Å². The third-order valence-electron chi connectivity index (χ3n) is 4.09. The van der Waals surface area contributed by atoms with Crippen molar-refractivity contribution >= 4 is 0 Å². The first-order valence-electron chi connectivity index (χ1n) is 6.78. The first-order chi connectivity index (χ1) is 9.33. The molecule has 1 aromatic rings. The van der Waals surface area contributed by atoms with E-state index >= 15 is 0 Å². The normalized spacial score (nSPS) is 29.9. The molecular formula is C15H20O4. The molecule has 1 aromatic carbocycles. The van der Waals surface area contributed by atoms with Crippen LogP contribution in [0.2, 0.25) is 0 Å². The predicted octanol–water partition coefficient (Wildman–Crippen LogP) is 2.57. The van der Waals surface area contributed by atoms with E-state index in [2.05, 4.69) is 6.07 Å². The SMILES string of the molecule is COc1ccc([C@@H]2OCC[C@@H]3OCC[C@H]32)cc1OC. The fourth-order valence-corrected chi connectivity index (χ4v) is 3.12. The Morgan fingerprint density at radius 3 is 2.58 bits per heavy atom. The maximum Gasteiger partial charge on any atom is 0.161 e. The molecule has 3 atom stereocenters. The summed E-state index contributed by atoms with van der Waals surface area (Å²) in [4.78, 5) is 0. The smallest absolute Gasteiger partial charge is 0.161 e. The number of hydrogen-bond donors (Lipinski definition) is 0. The largest absolute Gasteiger partial charge is 0.493 e. The van der Waals surface area contributed by atoms with Crippen LogP contribution in [-0.2, 0) is 9.47 Å². The van der Waals surface area contributed by atoms with E-state index in [1.165, 1.54) is 0 Å². The minimum Gasteiger partial charge on any atom is -0.493 e. The van der Waals surface area contributed by atoms with Crippen LogP contribution in [0, 0.1) is 5.92 Å². The maximum atomic E-state index is 5.97. The number of benzene rings is 1. The summed E-state index contributed by atoms with van der Waals surface area (Å²) in [5.41, 5.74) is 1.15. The number of ether oxygens (including phenoxy) is 4. The highest BCUT2D eigenvalue weighted by Gasteiger charge is 2.39. The van der Waals surface area contributed by atoms with Gasteiger partial charge in [0.1, 0.15) is 0 Å². The minimum atomic E-state index is 0.112. The van der Waals surface area contributed by atoms with Crippen molar-refractivity contribution in [3.05, 3.63) is 23.8 Å². The van der Waals surface area contributed by atoms with Crippen molar-refractivity contribution in [2.45, 2.75) is 25.0 Å². The molecule has 0 N–H and O–H groups in total. The molecule has 104 valence electrons. The van der Waals surface area contributed by atoms with Gasteiger partial charge in [-0.3, -0.25) is 0 Å². The van der Waals surface area contributed by atoms with Crippen molar-refractivity contribution in [1.82, 2.24) is 0 Å². The molecule has 2 heterocycles. The molecule has 0 aromatic heterocycles. The summed E-state index contributed by atoms with van der Waals surface area (Å²) >= 11 is 0. The Balaban J connectivity index is 1.88. The van der Waals surface area contributed by atoms with Gasteiger partial charge in [0, 0.05) is 19.1 Å². The van der Waals surface area contributed by atoms with Crippen LogP contribution in [0.15, 0.2) is 18.2 Å². The van der Waals surface area contributed by atoms with Crippen LogP contribution in [0.4, 0.5) is 0 Å². The van der Waals surface area contributed by atoms with E-state index in [4.69, 9.17) is 18.9 Å². The van der Waals surface area contributed by atoms with Crippen molar-refractivity contribution in [2.75, 3.05) is 27.4 Å². The van der Waals surface area contributed by atoms with E-state index in [9.17, 15) is 0 Å². The summed E-state index contributed by atoms with van der Waals surface area (Å²) in [6.07, 6.45) is 2.55. The van der Waals surface area contributed by atoms with Gasteiger partial charge in [-0.15, -0.1) is 0 Å². The number of methoxy groups -OCH3 is 2. The lowest BCUT2D eigenvalue weighted by Gasteiger charge is -2.33. The molecule has 2 aliphatic heterocycles. The van der Waals surface area contributed by atoms with Crippen molar-refractivity contribution < 1.29 is 18.9 Å². The monoisotopic (exact) mass is 264 g/mol. The summed E-state index contributed by atoms with van der Waals surface area (Å²) in [7, 11) is 3.31. The van der Waals surface area contributed by atoms with Gasteiger partial charge in [0.15, 0.2) is 11.5 Å². The molecule has 0 radical (unpaired) electrons. The second kappa shape index (κ2) is 5.39. The minimum absolute atomic E-state index is 0.112. The Morgan fingerprint density at radius 2 is 1.79 bits per heavy atom. The fourth-order valence-electron chi connectivity index (χ4n) is 3.12. The van der Waals surface area contributed by atoms with Gasteiger partial charge >= 0.3 is 0 Å². The lowest BCUT2D eigenvalue weighted by Crippen LogP contribution is -2.31. The van der Waals surface area contributed by atoms with E-state index < -0.39 is 0 Å². The van der Waals surface area contributed by atoms with E-state index in [1.807, 2.05) is 12.1 Å². The standard InChI is InChI=1S/C15H20O4/c1-16-13-4-3-10(9-14(13)17-2)15-11-5-7-18-12(11)6-8-19-15/h3-4,9,11-12,15H,5-8H2,1-2H3/t11-,12+,15+/m1/s1. The lowest BCUT2D eigenvalue weighted by molar-refractivity contribution is -0.0760. The Hall–Kier alpha value is -1.26. The number of hydrogen-bond acceptors (Lipinski definition) is 4. The average molecular weight is 264 g/mol. The Morgan fingerprint density at radius 1 is 1.00 bits per heavy atom. The molecule has 3 rings (SSSR count). The zero-order valence-corrected chi connectivity index (χ0v) is 11.4. The highest BCUT2D eigenvalue weighted by molar-refractivity contribution is 5.43. The number of fused-ring (bicyclic) bond motifs is 1. The molecule has 2 saturated heterocycles. The summed E-state index contributed by atoms with van der Waals surface area (Å²) in [6, 6.07) is 6.02. The zero-order chi connectivity index (χ0) is 13.2. The average Bonchev–Trinajstić information content (AvgIpc) is 2.94. The van der Waals surface area contributed by atoms with E-state index in [0.717, 1.165) is 43.1 Å². The molecule has 0 unspecified atom stereocenters. The molecule has 0 spiro atoms. The molecule has 4 nitrogen and oxygen atoms in total. The van der Waals surface area contributed by atoms with Crippen molar-refractivity contribution in [3.63, 3.8) is 0 Å². The van der Waals surface area contributed by atoms with Gasteiger partial charge in [-0.25, -0.2) is 0 Å². The van der Waals surface area contributed by atoms with Gasteiger partial charge in [-0.2, -0.15) is 0 Å². The Labute approximate surface area is 113 Å². The summed E-state index contributed by atoms with van der Waals surface area (Å²) in [6.45, 7) is 1.61. The molecule has 2 fully saturated rings. The van der Waals surface area contributed by atoms with Crippen LogP contribution in [0.25, 0.3) is 0 Å². The van der Waals surface area contributed by atoms with Crippen LogP contribution < -0.4 is 9.47 Å². The molecule has 0 bridgehead atoms. The predicted molar refractivity (Wildman–Crippen MR) is 70.7 cm³/mol. The van der Waals surface area contributed by atoms with Gasteiger partial charge < -0.3 is 18.9 Å². The van der Waals surface area contributed by atoms with Crippen LogP contribution >= 0.6 is 0 Å². The van der Waals surface area contributed by atoms with Gasteiger partial charge in [0.25, 0.3) is 0 Å². The van der Waals surface area contributed by atoms with Crippen LogP contribution in [0.1, 0.15) is 24.5 Å². The third kappa shape index (κ3) is 2.30. The van der Waals surface area contributed by atoms with Crippen LogP contribution in [-0.4, -0.2) is 33.5 Å². The van der Waals surface area contributed by atoms with Gasteiger partial charge in [0.2, 0.25) is 0 Å². The van der Waals surface area contributed by atoms with Crippen LogP contribution in [0.5, 0.6) is 11.5 Å². The number of rotatable bonds is 3. The fraction of sp³-hybridized carbons (Fsp3) is 0.600. The van der Waals surface area contributed by atoms with Crippen molar-refractivity contribution in [2.24, 2.45) is 5.92 Å². The van der Waals surface area contributed by atoms with E-state index in [1.54, 1.807) is 14.2 Å². The molecule has 0 amide bonds. The lowest BCUT2D eigenvalue weighted by atomic mass is 9.86. The summed E-state index contributed by atoms with van der Waals surface area (Å²) < 4.78 is 22.4. The van der Waals surface area contributed by atoms with E-state index in [-0.39, 0.29) is 6.10 Å². The molecule has 2 aliphatic rings. The molecule has 19 heavy (non-hydrogen) atoms. The third-order valence-corrected chi connectivity index (χ3v) is 4.09. The zero-order valence-electron chi connectivity index (χ0n) is 11.4. The Bertz CT molecular complexity index is 446. The van der Waals surface area contributed by atoms with E-state index in [0.29, 0.717) is 12.0 Å². The van der Waals surface area contributed by atoms with Gasteiger partial charge in [-0.1, -0.05) is 6.07 Å². The van der Waals surface area contributed by atoms with Crippen molar-refractivity contribution in [1.29, 1.82) is 0 Å². The van der Waals surface area contributed by atoms with Crippen LogP contribution in [0.3, 0.4) is 0 Å². The quantitative estimate of drug-likeness (QED) is 0.841. The maximum absolute atomic E-state index is 5.97. The highest BCUT2D eigenvalue weighted by atomic mass is 16.5. The highest BCUT2D eigenvalue weighted by Crippen LogP contribution is 2.42. The first kappa shape index (κ1) is 12.8. The molecular weight excluding hydrogens is 244 g/mol. The second-order valence-electron chi connectivity index (χ2n) is 5.06. The first-order valence-corrected chi connectivity index (χ1v) is 6.78. The summed E-state index contributed by atoms with van der Waals surface area (Å²) in [5.74, 6) is 1.97. The molecule has 0 aliphatic carbocycles. The Kier molecular flexibility index (Phi) is 3.62. The summed E-state index contributed by atoms with van der Waals surface area (Å²) in [5, 5.41) is 0. The van der Waals surface area contributed by atoms with Crippen molar-refractivity contribution in [3.8, 4) is 11.5 Å². The molecule has 0 saturated carbocycles. The second-order valence-corrected chi connectivity index (χ2v) is 5.06. The van der Waals surface area contributed by atoms with Gasteiger partial charge in [0.05, 0.1) is 26.4 Å². The van der Waals surface area contributed by atoms with Gasteiger partial charge in [-0.05, 0) is 30.5 Å².